The van der Waals surface area contributed by atoms with E-state index < -0.39 is 0 Å². The average molecular weight is 395 g/mol. The zero-order valence-electron chi connectivity index (χ0n) is 15.9. The van der Waals surface area contributed by atoms with E-state index in [4.69, 9.17) is 4.42 Å². The van der Waals surface area contributed by atoms with Gasteiger partial charge in [-0.3, -0.25) is 4.79 Å². The van der Waals surface area contributed by atoms with Gasteiger partial charge in [-0.15, -0.1) is 0 Å². The molecule has 2 heterocycles. The third-order valence-electron chi connectivity index (χ3n) is 5.09. The summed E-state index contributed by atoms with van der Waals surface area (Å²) in [7, 11) is 0. The number of amides is 1. The minimum Gasteiger partial charge on any atom is -0.506 e. The van der Waals surface area contributed by atoms with Crippen molar-refractivity contribution < 1.29 is 18.7 Å². The Kier molecular flexibility index (Phi) is 5.46. The summed E-state index contributed by atoms with van der Waals surface area (Å²) in [5, 5.41) is 9.99. The smallest absolute Gasteiger partial charge is 0.223 e. The lowest BCUT2D eigenvalue weighted by molar-refractivity contribution is -0.131. The fourth-order valence-electron chi connectivity index (χ4n) is 3.47. The number of aryl methyl sites for hydroxylation is 1. The Labute approximate surface area is 168 Å². The van der Waals surface area contributed by atoms with Crippen molar-refractivity contribution >= 4 is 11.6 Å². The number of anilines is 1. The molecule has 0 saturated carbocycles. The predicted octanol–water partition coefficient (Wildman–Crippen LogP) is 3.47. The fraction of sp³-hybridized carbons (Fsp3) is 0.273. The average Bonchev–Trinajstić information content (AvgIpc) is 3.22. The summed E-state index contributed by atoms with van der Waals surface area (Å²) in [5.41, 5.74) is 1.55. The number of phenols is 1. The van der Waals surface area contributed by atoms with Gasteiger partial charge in [-0.25, -0.2) is 9.37 Å². The molecule has 1 amide bonds. The van der Waals surface area contributed by atoms with E-state index in [9.17, 15) is 14.3 Å². The van der Waals surface area contributed by atoms with Gasteiger partial charge >= 0.3 is 0 Å². The van der Waals surface area contributed by atoms with Crippen LogP contribution in [0, 0.1) is 5.82 Å². The van der Waals surface area contributed by atoms with Crippen LogP contribution in [0.1, 0.15) is 12.3 Å². The number of para-hydroxylation sites is 2. The molecule has 1 aliphatic heterocycles. The van der Waals surface area contributed by atoms with Crippen LogP contribution in [-0.4, -0.2) is 47.1 Å². The maximum Gasteiger partial charge on any atom is 0.223 e. The van der Waals surface area contributed by atoms with Crippen molar-refractivity contribution in [2.45, 2.75) is 12.8 Å². The van der Waals surface area contributed by atoms with Gasteiger partial charge < -0.3 is 19.3 Å². The number of carbonyl (C=O) groups is 1. The van der Waals surface area contributed by atoms with Gasteiger partial charge in [-0.1, -0.05) is 12.1 Å². The summed E-state index contributed by atoms with van der Waals surface area (Å²) < 4.78 is 18.7. The Balaban J connectivity index is 1.29. The largest absolute Gasteiger partial charge is 0.506 e. The molecule has 0 unspecified atom stereocenters. The highest BCUT2D eigenvalue weighted by atomic mass is 19.1. The number of aromatic hydroxyl groups is 1. The number of hydrogen-bond donors (Lipinski definition) is 1. The maximum atomic E-state index is 13.0. The van der Waals surface area contributed by atoms with Crippen molar-refractivity contribution in [1.29, 1.82) is 0 Å². The van der Waals surface area contributed by atoms with Crippen molar-refractivity contribution in [3.05, 3.63) is 66.4 Å². The molecule has 6 nitrogen and oxygen atoms in total. The number of halogens is 1. The van der Waals surface area contributed by atoms with Crippen molar-refractivity contribution in [1.82, 2.24) is 9.88 Å². The lowest BCUT2D eigenvalue weighted by Gasteiger charge is -2.36. The molecule has 150 valence electrons. The van der Waals surface area contributed by atoms with E-state index in [-0.39, 0.29) is 17.5 Å². The van der Waals surface area contributed by atoms with E-state index in [0.717, 1.165) is 11.3 Å². The van der Waals surface area contributed by atoms with E-state index in [1.54, 1.807) is 30.5 Å². The summed E-state index contributed by atoms with van der Waals surface area (Å²) >= 11 is 0. The number of piperazine rings is 1. The van der Waals surface area contributed by atoms with E-state index in [2.05, 4.69) is 9.88 Å². The number of oxazole rings is 1. The Hall–Kier alpha value is -3.35. The summed E-state index contributed by atoms with van der Waals surface area (Å²) in [6, 6.07) is 13.2. The Morgan fingerprint density at radius 2 is 1.79 bits per heavy atom. The molecule has 0 spiro atoms. The van der Waals surface area contributed by atoms with Crippen LogP contribution in [0.5, 0.6) is 5.75 Å². The molecule has 1 saturated heterocycles. The SMILES string of the molecule is O=C(CCc1ncc(-c2ccc(F)cc2)o1)N1CCN(c2ccccc2O)CC1. The van der Waals surface area contributed by atoms with E-state index >= 15 is 0 Å². The molecular formula is C22H22FN3O3. The molecule has 4 rings (SSSR count). The molecule has 1 aliphatic rings. The van der Waals surface area contributed by atoms with E-state index in [1.807, 2.05) is 17.0 Å². The third-order valence-corrected chi connectivity index (χ3v) is 5.09. The van der Waals surface area contributed by atoms with Gasteiger partial charge in [0.2, 0.25) is 5.91 Å². The van der Waals surface area contributed by atoms with Crippen molar-refractivity contribution in [2.24, 2.45) is 0 Å². The van der Waals surface area contributed by atoms with Crippen LogP contribution in [0.25, 0.3) is 11.3 Å². The number of benzene rings is 2. The Bertz CT molecular complexity index is 979. The molecule has 1 fully saturated rings. The van der Waals surface area contributed by atoms with Gasteiger partial charge in [0.15, 0.2) is 11.7 Å². The van der Waals surface area contributed by atoms with Crippen LogP contribution < -0.4 is 4.90 Å². The third kappa shape index (κ3) is 4.39. The van der Waals surface area contributed by atoms with Gasteiger partial charge in [-0.2, -0.15) is 0 Å². The van der Waals surface area contributed by atoms with E-state index in [1.165, 1.54) is 12.1 Å². The zero-order valence-corrected chi connectivity index (χ0v) is 15.9. The molecule has 0 bridgehead atoms. The topological polar surface area (TPSA) is 69.8 Å². The zero-order chi connectivity index (χ0) is 20.2. The molecule has 7 heteroatoms. The summed E-state index contributed by atoms with van der Waals surface area (Å²) in [4.78, 5) is 20.7. The normalized spacial score (nSPS) is 14.2. The van der Waals surface area contributed by atoms with Crippen LogP contribution in [-0.2, 0) is 11.2 Å². The first-order chi connectivity index (χ1) is 14.1. The first-order valence-electron chi connectivity index (χ1n) is 9.61. The van der Waals surface area contributed by atoms with Gasteiger partial charge in [0, 0.05) is 44.6 Å². The molecule has 0 radical (unpaired) electrons. The van der Waals surface area contributed by atoms with Crippen LogP contribution in [0.2, 0.25) is 0 Å². The van der Waals surface area contributed by atoms with Gasteiger partial charge in [0.1, 0.15) is 11.6 Å². The van der Waals surface area contributed by atoms with Crippen LogP contribution >= 0.6 is 0 Å². The lowest BCUT2D eigenvalue weighted by Crippen LogP contribution is -2.48. The molecule has 3 aromatic rings. The molecule has 1 N–H and O–H groups in total. The van der Waals surface area contributed by atoms with Gasteiger partial charge in [-0.05, 0) is 36.4 Å². The van der Waals surface area contributed by atoms with Crippen molar-refractivity contribution in [2.75, 3.05) is 31.1 Å². The van der Waals surface area contributed by atoms with Crippen molar-refractivity contribution in [3.8, 4) is 17.1 Å². The highest BCUT2D eigenvalue weighted by Gasteiger charge is 2.22. The summed E-state index contributed by atoms with van der Waals surface area (Å²) in [6.07, 6.45) is 2.33. The molecule has 1 aromatic heterocycles. The number of phenolic OH excluding ortho intramolecular Hbond substituents is 1. The maximum absolute atomic E-state index is 13.0. The molecule has 2 aromatic carbocycles. The number of nitrogens with zero attached hydrogens (tertiary/aromatic N) is 3. The first-order valence-corrected chi connectivity index (χ1v) is 9.61. The van der Waals surface area contributed by atoms with Crippen molar-refractivity contribution in [3.63, 3.8) is 0 Å². The number of rotatable bonds is 5. The monoisotopic (exact) mass is 395 g/mol. The fourth-order valence-corrected chi connectivity index (χ4v) is 3.47. The highest BCUT2D eigenvalue weighted by molar-refractivity contribution is 5.76. The van der Waals surface area contributed by atoms with Gasteiger partial charge in [0.25, 0.3) is 0 Å². The minimum absolute atomic E-state index is 0.0588. The number of carbonyl (C=O) groups excluding carboxylic acids is 1. The molecule has 29 heavy (non-hydrogen) atoms. The molecular weight excluding hydrogens is 373 g/mol. The quantitative estimate of drug-likeness (QED) is 0.716. The van der Waals surface area contributed by atoms with Crippen LogP contribution in [0.15, 0.2) is 59.1 Å². The summed E-state index contributed by atoms with van der Waals surface area (Å²) in [6.45, 7) is 2.58. The highest BCUT2D eigenvalue weighted by Crippen LogP contribution is 2.27. The second kappa shape index (κ2) is 8.34. The predicted molar refractivity (Wildman–Crippen MR) is 107 cm³/mol. The lowest BCUT2D eigenvalue weighted by atomic mass is 10.2. The minimum atomic E-state index is -0.304. The number of aromatic nitrogens is 1. The summed E-state index contributed by atoms with van der Waals surface area (Å²) in [5.74, 6) is 1.06. The van der Waals surface area contributed by atoms with Crippen LogP contribution in [0.4, 0.5) is 10.1 Å². The van der Waals surface area contributed by atoms with Gasteiger partial charge in [0.05, 0.1) is 11.9 Å². The van der Waals surface area contributed by atoms with E-state index in [0.29, 0.717) is 50.7 Å². The molecule has 0 aliphatic carbocycles. The second-order valence-electron chi connectivity index (χ2n) is 6.98. The standard InChI is InChI=1S/C22H22FN3O3/c23-17-7-5-16(6-8-17)20-15-24-21(29-20)9-10-22(28)26-13-11-25(12-14-26)18-3-1-2-4-19(18)27/h1-8,15,27H,9-14H2. The number of hydrogen-bond acceptors (Lipinski definition) is 5. The second-order valence-corrected chi connectivity index (χ2v) is 6.98. The van der Waals surface area contributed by atoms with Crippen LogP contribution in [0.3, 0.4) is 0 Å². The Morgan fingerprint density at radius 1 is 1.07 bits per heavy atom. The Morgan fingerprint density at radius 3 is 2.52 bits per heavy atom. The first kappa shape index (κ1) is 19.0. The molecule has 0 atom stereocenters.